The third-order valence-electron chi connectivity index (χ3n) is 5.85. The molecular weight excluding hydrogens is 304 g/mol. The highest BCUT2D eigenvalue weighted by molar-refractivity contribution is 5.80. The number of hydrogen-bond donors (Lipinski definition) is 1. The number of piperidine rings is 2. The highest BCUT2D eigenvalue weighted by Crippen LogP contribution is 2.18. The summed E-state index contributed by atoms with van der Waals surface area (Å²) in [6.07, 6.45) is 5.43. The molecule has 1 N–H and O–H groups in total. The van der Waals surface area contributed by atoms with Gasteiger partial charge in [0.25, 0.3) is 0 Å². The van der Waals surface area contributed by atoms with E-state index in [1.165, 1.54) is 6.42 Å². The first-order chi connectivity index (χ1) is 11.6. The fourth-order valence-electron chi connectivity index (χ4n) is 4.20. The summed E-state index contributed by atoms with van der Waals surface area (Å²) in [5.74, 6) is 0.793. The van der Waals surface area contributed by atoms with Gasteiger partial charge in [0.1, 0.15) is 0 Å². The lowest BCUT2D eigenvalue weighted by atomic mass is 9.96. The van der Waals surface area contributed by atoms with Gasteiger partial charge in [-0.05, 0) is 52.1 Å². The third kappa shape index (κ3) is 4.28. The van der Waals surface area contributed by atoms with Crippen molar-refractivity contribution in [1.82, 2.24) is 20.0 Å². The van der Waals surface area contributed by atoms with Crippen molar-refractivity contribution < 1.29 is 9.59 Å². The molecule has 3 aliphatic rings. The first-order valence-corrected chi connectivity index (χ1v) is 9.66. The zero-order valence-corrected chi connectivity index (χ0v) is 15.0. The number of hydrogen-bond acceptors (Lipinski definition) is 4. The number of carbonyl (C=O) groups excluding carboxylic acids is 2. The average Bonchev–Trinajstić information content (AvgIpc) is 2.63. The molecule has 0 aliphatic carbocycles. The maximum atomic E-state index is 12.6. The van der Waals surface area contributed by atoms with Crippen LogP contribution in [-0.2, 0) is 9.59 Å². The molecule has 6 heteroatoms. The molecule has 136 valence electrons. The fraction of sp³-hybridized carbons (Fsp3) is 0.889. The molecule has 0 aromatic carbocycles. The fourth-order valence-corrected chi connectivity index (χ4v) is 4.20. The Morgan fingerprint density at radius 2 is 1.67 bits per heavy atom. The Bertz CT molecular complexity index is 442. The van der Waals surface area contributed by atoms with E-state index in [9.17, 15) is 9.59 Å². The zero-order chi connectivity index (χ0) is 16.9. The molecule has 1 atom stereocenters. The van der Waals surface area contributed by atoms with E-state index in [1.807, 2.05) is 4.90 Å². The summed E-state index contributed by atoms with van der Waals surface area (Å²) in [4.78, 5) is 31.4. The van der Waals surface area contributed by atoms with Crippen LogP contribution in [0.4, 0.5) is 0 Å². The maximum Gasteiger partial charge on any atom is 0.236 e. The average molecular weight is 336 g/mol. The number of rotatable bonds is 3. The molecule has 0 aromatic heterocycles. The molecule has 3 heterocycles. The minimum atomic E-state index is 0.202. The standard InChI is InChI=1S/C18H32N4O2/c1-15-4-2-3-9-22(15)17(23)14-20-10-12-21(13-11-20)18(24)16-5-7-19-8-6-16/h15-16,19H,2-14H2,1H3. The molecule has 2 amide bonds. The number of likely N-dealkylation sites (tertiary alicyclic amines) is 1. The molecular formula is C18H32N4O2. The van der Waals surface area contributed by atoms with Gasteiger partial charge < -0.3 is 15.1 Å². The normalized spacial score (nSPS) is 27.3. The molecule has 0 bridgehead atoms. The minimum absolute atomic E-state index is 0.202. The van der Waals surface area contributed by atoms with Crippen LogP contribution in [0.15, 0.2) is 0 Å². The highest BCUT2D eigenvalue weighted by Gasteiger charge is 2.30. The Morgan fingerprint density at radius 3 is 2.33 bits per heavy atom. The molecule has 0 saturated carbocycles. The Balaban J connectivity index is 1.43. The van der Waals surface area contributed by atoms with Gasteiger partial charge in [-0.3, -0.25) is 14.5 Å². The van der Waals surface area contributed by atoms with Crippen molar-refractivity contribution in [1.29, 1.82) is 0 Å². The van der Waals surface area contributed by atoms with Crippen LogP contribution in [0.1, 0.15) is 39.0 Å². The molecule has 6 nitrogen and oxygen atoms in total. The van der Waals surface area contributed by atoms with Gasteiger partial charge in [-0.25, -0.2) is 0 Å². The van der Waals surface area contributed by atoms with Gasteiger partial charge in [0, 0.05) is 44.7 Å². The smallest absolute Gasteiger partial charge is 0.236 e. The van der Waals surface area contributed by atoms with Crippen LogP contribution >= 0.6 is 0 Å². The molecule has 0 radical (unpaired) electrons. The van der Waals surface area contributed by atoms with Crippen molar-refractivity contribution in [3.63, 3.8) is 0 Å². The van der Waals surface area contributed by atoms with Gasteiger partial charge in [-0.2, -0.15) is 0 Å². The number of nitrogens with one attached hydrogen (secondary N) is 1. The van der Waals surface area contributed by atoms with Gasteiger partial charge in [-0.15, -0.1) is 0 Å². The Labute approximate surface area is 145 Å². The Morgan fingerprint density at radius 1 is 0.958 bits per heavy atom. The van der Waals surface area contributed by atoms with Gasteiger partial charge in [-0.1, -0.05) is 0 Å². The lowest BCUT2D eigenvalue weighted by molar-refractivity contribution is -0.139. The molecule has 3 fully saturated rings. The molecule has 0 spiro atoms. The van der Waals surface area contributed by atoms with E-state index in [4.69, 9.17) is 0 Å². The highest BCUT2D eigenvalue weighted by atomic mass is 16.2. The van der Waals surface area contributed by atoms with Crippen LogP contribution in [0.3, 0.4) is 0 Å². The van der Waals surface area contributed by atoms with Crippen LogP contribution in [0, 0.1) is 5.92 Å². The topological polar surface area (TPSA) is 55.9 Å². The SMILES string of the molecule is CC1CCCCN1C(=O)CN1CCN(C(=O)C2CCNCC2)CC1. The maximum absolute atomic E-state index is 12.6. The van der Waals surface area contributed by atoms with Crippen LogP contribution in [0.2, 0.25) is 0 Å². The monoisotopic (exact) mass is 336 g/mol. The number of nitrogens with zero attached hydrogens (tertiary/aromatic N) is 3. The summed E-state index contributed by atoms with van der Waals surface area (Å²) >= 11 is 0. The third-order valence-corrected chi connectivity index (χ3v) is 5.85. The van der Waals surface area contributed by atoms with Crippen molar-refractivity contribution in [2.24, 2.45) is 5.92 Å². The van der Waals surface area contributed by atoms with E-state index in [2.05, 4.69) is 22.0 Å². The summed E-state index contributed by atoms with van der Waals surface area (Å²) in [5, 5.41) is 3.31. The van der Waals surface area contributed by atoms with Crippen molar-refractivity contribution in [3.8, 4) is 0 Å². The molecule has 3 saturated heterocycles. The number of carbonyl (C=O) groups is 2. The molecule has 3 aliphatic heterocycles. The second kappa shape index (κ2) is 8.30. The van der Waals surface area contributed by atoms with Gasteiger partial charge >= 0.3 is 0 Å². The summed E-state index contributed by atoms with van der Waals surface area (Å²) in [6.45, 7) is 8.69. The van der Waals surface area contributed by atoms with Crippen LogP contribution in [0.25, 0.3) is 0 Å². The quantitative estimate of drug-likeness (QED) is 0.817. The van der Waals surface area contributed by atoms with E-state index in [0.717, 1.165) is 71.5 Å². The van der Waals surface area contributed by atoms with Crippen LogP contribution in [0.5, 0.6) is 0 Å². The van der Waals surface area contributed by atoms with Crippen molar-refractivity contribution in [3.05, 3.63) is 0 Å². The lowest BCUT2D eigenvalue weighted by Crippen LogP contribution is -2.54. The predicted molar refractivity (Wildman–Crippen MR) is 93.6 cm³/mol. The second-order valence-electron chi connectivity index (χ2n) is 7.56. The van der Waals surface area contributed by atoms with E-state index in [-0.39, 0.29) is 11.8 Å². The van der Waals surface area contributed by atoms with Gasteiger partial charge in [0.05, 0.1) is 6.54 Å². The Hall–Kier alpha value is -1.14. The van der Waals surface area contributed by atoms with Crippen LogP contribution < -0.4 is 5.32 Å². The summed E-state index contributed by atoms with van der Waals surface area (Å²) in [5.41, 5.74) is 0. The minimum Gasteiger partial charge on any atom is -0.340 e. The van der Waals surface area contributed by atoms with Crippen molar-refractivity contribution >= 4 is 11.8 Å². The summed E-state index contributed by atoms with van der Waals surface area (Å²) < 4.78 is 0. The predicted octanol–water partition coefficient (Wildman–Crippen LogP) is 0.531. The zero-order valence-electron chi connectivity index (χ0n) is 15.0. The van der Waals surface area contributed by atoms with E-state index < -0.39 is 0 Å². The van der Waals surface area contributed by atoms with Crippen molar-refractivity contribution in [2.75, 3.05) is 52.4 Å². The van der Waals surface area contributed by atoms with Crippen LogP contribution in [-0.4, -0.2) is 84.9 Å². The molecule has 1 unspecified atom stereocenters. The van der Waals surface area contributed by atoms with E-state index in [0.29, 0.717) is 18.5 Å². The lowest BCUT2D eigenvalue weighted by Gasteiger charge is -2.39. The molecule has 0 aromatic rings. The number of amides is 2. The molecule has 24 heavy (non-hydrogen) atoms. The van der Waals surface area contributed by atoms with E-state index >= 15 is 0 Å². The van der Waals surface area contributed by atoms with Crippen molar-refractivity contribution in [2.45, 2.75) is 45.1 Å². The molecule has 3 rings (SSSR count). The summed E-state index contributed by atoms with van der Waals surface area (Å²) in [7, 11) is 0. The van der Waals surface area contributed by atoms with E-state index in [1.54, 1.807) is 0 Å². The first kappa shape index (κ1) is 17.7. The largest absolute Gasteiger partial charge is 0.340 e. The Kier molecular flexibility index (Phi) is 6.11. The number of piperazine rings is 1. The van der Waals surface area contributed by atoms with Gasteiger partial charge in [0.15, 0.2) is 0 Å². The second-order valence-corrected chi connectivity index (χ2v) is 7.56. The van der Waals surface area contributed by atoms with Gasteiger partial charge in [0.2, 0.25) is 11.8 Å². The summed E-state index contributed by atoms with van der Waals surface area (Å²) in [6, 6.07) is 0.383. The first-order valence-electron chi connectivity index (χ1n) is 9.66.